The Hall–Kier alpha value is -5.19. The summed E-state index contributed by atoms with van der Waals surface area (Å²) in [7, 11) is 0. The molecule has 40 heavy (non-hydrogen) atoms. The Balaban J connectivity index is 1.27. The number of hydrogen-bond donors (Lipinski definition) is 1. The van der Waals surface area contributed by atoms with Gasteiger partial charge in [-0.2, -0.15) is 5.26 Å². The molecule has 13 nitrogen and oxygen atoms in total. The summed E-state index contributed by atoms with van der Waals surface area (Å²) < 4.78 is 33.5. The summed E-state index contributed by atoms with van der Waals surface area (Å²) in [6.07, 6.45) is 0.0890. The van der Waals surface area contributed by atoms with Crippen molar-refractivity contribution in [3.8, 4) is 29.0 Å². The van der Waals surface area contributed by atoms with Gasteiger partial charge in [-0.3, -0.25) is 14.3 Å². The predicted octanol–water partition coefficient (Wildman–Crippen LogP) is 3.16. The molecule has 0 radical (unpaired) electrons. The largest absolute Gasteiger partial charge is 0.488 e. The lowest BCUT2D eigenvalue weighted by atomic mass is 10.0. The summed E-state index contributed by atoms with van der Waals surface area (Å²) in [4.78, 5) is 38.8. The van der Waals surface area contributed by atoms with Crippen LogP contribution in [0.2, 0.25) is 0 Å². The number of carbonyl (C=O) groups is 2. The molecule has 2 aliphatic heterocycles. The van der Waals surface area contributed by atoms with E-state index in [-0.39, 0.29) is 60.9 Å². The Morgan fingerprint density at radius 1 is 1.38 bits per heavy atom. The van der Waals surface area contributed by atoms with E-state index >= 15 is 4.39 Å². The first-order valence-electron chi connectivity index (χ1n) is 12.2. The van der Waals surface area contributed by atoms with Crippen molar-refractivity contribution in [2.45, 2.75) is 32.1 Å². The molecule has 0 bridgehead atoms. The zero-order valence-electron chi connectivity index (χ0n) is 21.4. The van der Waals surface area contributed by atoms with Gasteiger partial charge in [0.05, 0.1) is 30.9 Å². The second-order valence-corrected chi connectivity index (χ2v) is 9.65. The number of aromatic nitrogens is 2. The Labute approximate surface area is 226 Å². The van der Waals surface area contributed by atoms with E-state index in [1.54, 1.807) is 25.1 Å². The summed E-state index contributed by atoms with van der Waals surface area (Å²) in [6, 6.07) is 11.1. The van der Waals surface area contributed by atoms with Gasteiger partial charge in [0, 0.05) is 17.5 Å². The molecule has 3 aromatic rings. The number of carbonyl (C=O) groups excluding carboxylic acids is 2. The zero-order chi connectivity index (χ0) is 28.6. The highest BCUT2D eigenvalue weighted by Gasteiger charge is 2.41. The van der Waals surface area contributed by atoms with Crippen LogP contribution < -0.4 is 19.7 Å². The maximum atomic E-state index is 15.2. The molecule has 2 unspecified atom stereocenters. The van der Waals surface area contributed by atoms with Crippen molar-refractivity contribution >= 4 is 23.5 Å². The van der Waals surface area contributed by atoms with Crippen LogP contribution in [-0.4, -0.2) is 57.9 Å². The number of hydrogen-bond acceptors (Lipinski definition) is 9. The fourth-order valence-corrected chi connectivity index (χ4v) is 4.50. The van der Waals surface area contributed by atoms with Gasteiger partial charge in [0.25, 0.3) is 0 Å². The number of nitrogens with zero attached hydrogens (tertiary/aromatic N) is 5. The molecule has 0 aliphatic carbocycles. The van der Waals surface area contributed by atoms with Crippen molar-refractivity contribution in [2.24, 2.45) is 0 Å². The molecule has 0 saturated carbocycles. The SMILES string of the molecule is CC(=O)NCC1CN(c2ccc(-c3ccc(OCC4(C)Cn5cc([N+](=O)[O-])nc5O4)c(C#N)c3)c(F)c2)C(=O)O1. The first-order chi connectivity index (χ1) is 19.0. The second kappa shape index (κ2) is 10.2. The topological polar surface area (TPSA) is 162 Å². The van der Waals surface area contributed by atoms with Gasteiger partial charge in [0.1, 0.15) is 36.5 Å². The lowest BCUT2D eigenvalue weighted by Gasteiger charge is -2.22. The monoisotopic (exact) mass is 550 g/mol. The highest BCUT2D eigenvalue weighted by molar-refractivity contribution is 5.90. The number of nitriles is 1. The third kappa shape index (κ3) is 5.21. The Bertz CT molecular complexity index is 1540. The van der Waals surface area contributed by atoms with E-state index < -0.39 is 28.5 Å². The average Bonchev–Trinajstić information content (AvgIpc) is 3.57. The molecule has 1 fully saturated rings. The van der Waals surface area contributed by atoms with Gasteiger partial charge in [-0.25, -0.2) is 9.18 Å². The smallest absolute Gasteiger partial charge is 0.415 e. The summed E-state index contributed by atoms with van der Waals surface area (Å²) in [5, 5.41) is 23.2. The molecule has 14 heteroatoms. The fourth-order valence-electron chi connectivity index (χ4n) is 4.50. The van der Waals surface area contributed by atoms with E-state index in [0.29, 0.717) is 11.3 Å². The minimum atomic E-state index is -0.872. The predicted molar refractivity (Wildman–Crippen MR) is 136 cm³/mol. The van der Waals surface area contributed by atoms with Crippen LogP contribution >= 0.6 is 0 Å². The van der Waals surface area contributed by atoms with Crippen LogP contribution in [-0.2, 0) is 16.1 Å². The number of imidazole rings is 1. The summed E-state index contributed by atoms with van der Waals surface area (Å²) in [5.41, 5.74) is 0.235. The number of nitrogens with one attached hydrogen (secondary N) is 1. The lowest BCUT2D eigenvalue weighted by Crippen LogP contribution is -2.38. The van der Waals surface area contributed by atoms with E-state index in [1.807, 2.05) is 0 Å². The van der Waals surface area contributed by atoms with Crippen LogP contribution in [0.15, 0.2) is 42.6 Å². The van der Waals surface area contributed by atoms with Crippen LogP contribution in [0.25, 0.3) is 11.1 Å². The van der Waals surface area contributed by atoms with Crippen molar-refractivity contribution in [2.75, 3.05) is 24.6 Å². The summed E-state index contributed by atoms with van der Waals surface area (Å²) in [5.74, 6) is -0.913. The van der Waals surface area contributed by atoms with E-state index in [0.717, 1.165) is 0 Å². The Morgan fingerprint density at radius 2 is 2.17 bits per heavy atom. The molecule has 2 aromatic carbocycles. The minimum absolute atomic E-state index is 0.0239. The van der Waals surface area contributed by atoms with Crippen LogP contribution in [0.3, 0.4) is 0 Å². The molecule has 0 spiro atoms. The lowest BCUT2D eigenvalue weighted by molar-refractivity contribution is -0.389. The number of amides is 2. The Morgan fingerprint density at radius 3 is 2.85 bits per heavy atom. The molecule has 2 aliphatic rings. The number of cyclic esters (lactones) is 1. The number of nitro groups is 1. The van der Waals surface area contributed by atoms with Gasteiger partial charge >= 0.3 is 17.9 Å². The Kier molecular flexibility index (Phi) is 6.72. The molecule has 2 amide bonds. The fraction of sp³-hybridized carbons (Fsp3) is 0.308. The van der Waals surface area contributed by atoms with Crippen LogP contribution in [0, 0.1) is 27.3 Å². The molecule has 1 saturated heterocycles. The van der Waals surface area contributed by atoms with Crippen molar-refractivity contribution in [1.29, 1.82) is 5.26 Å². The van der Waals surface area contributed by atoms with E-state index in [9.17, 15) is 25.0 Å². The first kappa shape index (κ1) is 26.4. The molecule has 2 atom stereocenters. The van der Waals surface area contributed by atoms with E-state index in [4.69, 9.17) is 14.2 Å². The van der Waals surface area contributed by atoms with Gasteiger partial charge in [-0.15, -0.1) is 0 Å². The number of anilines is 1. The minimum Gasteiger partial charge on any atom is -0.488 e. The van der Waals surface area contributed by atoms with E-state index in [2.05, 4.69) is 16.4 Å². The molecule has 5 rings (SSSR count). The van der Waals surface area contributed by atoms with Crippen LogP contribution in [0.4, 0.5) is 20.7 Å². The van der Waals surface area contributed by atoms with Gasteiger partial charge in [0.15, 0.2) is 5.60 Å². The third-order valence-electron chi connectivity index (χ3n) is 6.42. The van der Waals surface area contributed by atoms with Gasteiger partial charge < -0.3 is 29.6 Å². The second-order valence-electron chi connectivity index (χ2n) is 9.65. The maximum absolute atomic E-state index is 15.2. The normalized spacial score (nSPS) is 19.4. The van der Waals surface area contributed by atoms with Gasteiger partial charge in [-0.1, -0.05) is 6.07 Å². The highest BCUT2D eigenvalue weighted by Crippen LogP contribution is 2.34. The number of benzene rings is 2. The zero-order valence-corrected chi connectivity index (χ0v) is 21.4. The highest BCUT2D eigenvalue weighted by atomic mass is 19.1. The first-order valence-corrected chi connectivity index (χ1v) is 12.2. The molecule has 1 N–H and O–H groups in total. The van der Waals surface area contributed by atoms with Crippen molar-refractivity contribution in [3.05, 3.63) is 64.1 Å². The molecular weight excluding hydrogens is 527 g/mol. The number of halogens is 1. The van der Waals surface area contributed by atoms with Crippen molar-refractivity contribution < 1.29 is 33.1 Å². The number of rotatable bonds is 8. The molecule has 206 valence electrons. The molecule has 3 heterocycles. The van der Waals surface area contributed by atoms with Crippen molar-refractivity contribution in [1.82, 2.24) is 14.9 Å². The number of ether oxygens (including phenoxy) is 3. The summed E-state index contributed by atoms with van der Waals surface area (Å²) >= 11 is 0. The standard InChI is InChI=1S/C26H23FN6O7/c1-15(34)29-10-19-11-32(25(35)39-19)18-4-5-20(21(27)8-18)16-3-6-22(17(7-16)9-28)38-14-26(2)13-31-12-23(33(36)37)30-24(31)40-26/h3-8,12,19H,10-11,13-14H2,1-2H3,(H,29,34). The van der Waals surface area contributed by atoms with Crippen LogP contribution in [0.5, 0.6) is 11.8 Å². The quantitative estimate of drug-likeness (QED) is 0.328. The summed E-state index contributed by atoms with van der Waals surface area (Å²) in [6.45, 7) is 3.71. The van der Waals surface area contributed by atoms with E-state index in [1.165, 1.54) is 40.8 Å². The number of fused-ring (bicyclic) bond motifs is 1. The third-order valence-corrected chi connectivity index (χ3v) is 6.42. The van der Waals surface area contributed by atoms with Gasteiger partial charge in [-0.05, 0) is 47.7 Å². The maximum Gasteiger partial charge on any atom is 0.415 e. The van der Waals surface area contributed by atoms with Gasteiger partial charge in [0.2, 0.25) is 5.91 Å². The van der Waals surface area contributed by atoms with Crippen LogP contribution in [0.1, 0.15) is 19.4 Å². The molecular formula is C26H23FN6O7. The average molecular weight is 551 g/mol. The van der Waals surface area contributed by atoms with Crippen molar-refractivity contribution in [3.63, 3.8) is 0 Å². The molecule has 1 aromatic heterocycles.